The van der Waals surface area contributed by atoms with Crippen LogP contribution in [-0.4, -0.2) is 70.0 Å². The van der Waals surface area contributed by atoms with Crippen LogP contribution < -0.4 is 19.5 Å². The summed E-state index contributed by atoms with van der Waals surface area (Å²) in [4.78, 5) is 13.2. The zero-order valence-corrected chi connectivity index (χ0v) is 20.4. The smallest absolute Gasteiger partial charge is 0.318 e. The second-order valence-corrected chi connectivity index (χ2v) is 9.51. The number of piperidine rings is 1. The van der Waals surface area contributed by atoms with Gasteiger partial charge >= 0.3 is 5.97 Å². The first-order valence-corrected chi connectivity index (χ1v) is 12.5. The molecule has 0 bridgehead atoms. The Morgan fingerprint density at radius 3 is 2.46 bits per heavy atom. The first-order valence-electron chi connectivity index (χ1n) is 11.2. The number of nitrogens with two attached hydrogens (primary N) is 1. The fraction of sp³-hybridized carbons (Fsp3) is 0.375. The predicted octanol–water partition coefficient (Wildman–Crippen LogP) is 2.44. The number of amidine groups is 2. The maximum Gasteiger partial charge on any atom is 0.318 e. The highest BCUT2D eigenvalue weighted by Crippen LogP contribution is 2.24. The van der Waals surface area contributed by atoms with E-state index in [0.29, 0.717) is 28.6 Å². The third-order valence-corrected chi connectivity index (χ3v) is 6.92. The highest BCUT2D eigenvalue weighted by atomic mass is 32.2. The highest BCUT2D eigenvalue weighted by molar-refractivity contribution is 7.87. The first kappa shape index (κ1) is 26.0. The van der Waals surface area contributed by atoms with Crippen LogP contribution >= 0.6 is 0 Å². The number of hydrogen-bond donors (Lipinski definition) is 4. The van der Waals surface area contributed by atoms with Crippen LogP contribution in [0.1, 0.15) is 25.3 Å². The molecule has 11 heteroatoms. The predicted molar refractivity (Wildman–Crippen MR) is 136 cm³/mol. The zero-order valence-electron chi connectivity index (χ0n) is 19.6. The van der Waals surface area contributed by atoms with E-state index in [4.69, 9.17) is 31.1 Å². The number of hydrogen-bond acceptors (Lipinski definition) is 6. The number of rotatable bonds is 11. The van der Waals surface area contributed by atoms with Crippen LogP contribution in [0.25, 0.3) is 0 Å². The summed E-state index contributed by atoms with van der Waals surface area (Å²) in [6, 6.07) is 13.9. The van der Waals surface area contributed by atoms with Gasteiger partial charge in [-0.05, 0) is 43.3 Å². The molecular formula is C24H31N5O5S. The highest BCUT2D eigenvalue weighted by Gasteiger charge is 2.21. The van der Waals surface area contributed by atoms with Gasteiger partial charge in [0.05, 0.1) is 12.4 Å². The van der Waals surface area contributed by atoms with Gasteiger partial charge in [0.1, 0.15) is 46.8 Å². The molecule has 0 saturated carbocycles. The zero-order chi connectivity index (χ0) is 25.4. The molecule has 1 unspecified atom stereocenters. The number of nitrogens with zero attached hydrogens (tertiary/aromatic N) is 2. The molecule has 1 heterocycles. The Bertz CT molecular complexity index is 1070. The number of carboxylic acid groups (broad SMARTS) is 1. The second-order valence-electron chi connectivity index (χ2n) is 8.14. The molecule has 188 valence electrons. The molecule has 1 aliphatic heterocycles. The first-order chi connectivity index (χ1) is 16.7. The maximum absolute atomic E-state index is 12.7. The van der Waals surface area contributed by atoms with Crippen LogP contribution in [0.15, 0.2) is 48.5 Å². The van der Waals surface area contributed by atoms with Gasteiger partial charge in [-0.3, -0.25) is 19.9 Å². The molecule has 3 rings (SSSR count). The minimum atomic E-state index is -1.80. The van der Waals surface area contributed by atoms with Crippen molar-refractivity contribution in [2.45, 2.75) is 25.9 Å². The van der Waals surface area contributed by atoms with Crippen LogP contribution in [0.2, 0.25) is 0 Å². The van der Waals surface area contributed by atoms with Gasteiger partial charge in [0.25, 0.3) is 0 Å². The van der Waals surface area contributed by atoms with E-state index in [1.807, 2.05) is 4.90 Å². The Morgan fingerprint density at radius 2 is 1.86 bits per heavy atom. The molecule has 5 N–H and O–H groups in total. The standard InChI is InChI=1S/C24H31N5O5S/c1-17(25)28-11-9-21(10-12-28)34-20-7-5-19(6-8-20)29(35(32)16-23(30)31)13-14-33-22-4-2-3-18(15-22)24(26)27/h2-8,15,21,25H,9-14,16H2,1H3,(H3,26,27)(H,30,31). The molecule has 1 atom stereocenters. The van der Waals surface area contributed by atoms with Crippen molar-refractivity contribution in [3.63, 3.8) is 0 Å². The van der Waals surface area contributed by atoms with Crippen molar-refractivity contribution in [1.29, 1.82) is 10.8 Å². The minimum Gasteiger partial charge on any atom is -0.492 e. The van der Waals surface area contributed by atoms with Gasteiger partial charge in [-0.1, -0.05) is 12.1 Å². The van der Waals surface area contributed by atoms with Crippen molar-refractivity contribution in [3.8, 4) is 11.5 Å². The molecule has 1 saturated heterocycles. The molecule has 2 aromatic carbocycles. The summed E-state index contributed by atoms with van der Waals surface area (Å²) in [6.45, 7) is 3.70. The lowest BCUT2D eigenvalue weighted by atomic mass is 10.1. The lowest BCUT2D eigenvalue weighted by Gasteiger charge is -2.32. The third kappa shape index (κ3) is 7.71. The fourth-order valence-corrected chi connectivity index (χ4v) is 4.73. The normalized spacial score (nSPS) is 14.7. The quantitative estimate of drug-likeness (QED) is 0.272. The molecule has 1 aliphatic rings. The van der Waals surface area contributed by atoms with E-state index in [1.165, 1.54) is 4.31 Å². The van der Waals surface area contributed by atoms with E-state index in [9.17, 15) is 9.00 Å². The number of benzene rings is 2. The number of likely N-dealkylation sites (tertiary alicyclic amines) is 1. The maximum atomic E-state index is 12.7. The fourth-order valence-electron chi connectivity index (χ4n) is 3.72. The van der Waals surface area contributed by atoms with E-state index in [2.05, 4.69) is 0 Å². The molecule has 10 nitrogen and oxygen atoms in total. The Morgan fingerprint density at radius 1 is 1.17 bits per heavy atom. The number of ether oxygens (including phenoxy) is 2. The lowest BCUT2D eigenvalue weighted by molar-refractivity contribution is -0.133. The number of carboxylic acids is 1. The third-order valence-electron chi connectivity index (χ3n) is 5.54. The van der Waals surface area contributed by atoms with Crippen molar-refractivity contribution in [2.24, 2.45) is 5.73 Å². The topological polar surface area (TPSA) is 153 Å². The summed E-state index contributed by atoms with van der Waals surface area (Å²) in [7, 11) is -1.80. The SMILES string of the molecule is CC(=N)N1CCC(Oc2ccc(N(CCOc3cccc(C(=N)N)c3)S(=O)CC(=O)O)cc2)CC1. The molecule has 2 aromatic rings. The van der Waals surface area contributed by atoms with E-state index in [1.54, 1.807) is 55.5 Å². The number of aliphatic carboxylic acids is 1. The Hall–Kier alpha value is -3.60. The van der Waals surface area contributed by atoms with Gasteiger partial charge in [0.2, 0.25) is 0 Å². The van der Waals surface area contributed by atoms with Gasteiger partial charge in [-0.15, -0.1) is 0 Å². The van der Waals surface area contributed by atoms with E-state index in [0.717, 1.165) is 25.9 Å². The van der Waals surface area contributed by atoms with Crippen LogP contribution in [0.5, 0.6) is 11.5 Å². The average Bonchev–Trinajstić information content (AvgIpc) is 2.82. The number of nitrogens with one attached hydrogen (secondary N) is 2. The van der Waals surface area contributed by atoms with E-state index >= 15 is 0 Å². The number of anilines is 1. The summed E-state index contributed by atoms with van der Waals surface area (Å²) in [6.07, 6.45) is 1.72. The van der Waals surface area contributed by atoms with Crippen molar-refractivity contribution in [3.05, 3.63) is 54.1 Å². The summed E-state index contributed by atoms with van der Waals surface area (Å²) in [5.74, 6) is 0.00279. The summed E-state index contributed by atoms with van der Waals surface area (Å²) < 4.78 is 26.0. The Balaban J connectivity index is 1.62. The summed E-state index contributed by atoms with van der Waals surface area (Å²) in [5, 5.41) is 24.4. The average molecular weight is 502 g/mol. The monoisotopic (exact) mass is 501 g/mol. The largest absolute Gasteiger partial charge is 0.492 e. The summed E-state index contributed by atoms with van der Waals surface area (Å²) in [5.41, 5.74) is 6.63. The number of nitrogen functional groups attached to an aromatic ring is 1. The second kappa shape index (κ2) is 12.2. The molecular weight excluding hydrogens is 470 g/mol. The minimum absolute atomic E-state index is 0.0628. The van der Waals surface area contributed by atoms with Crippen LogP contribution in [0.4, 0.5) is 5.69 Å². The van der Waals surface area contributed by atoms with Crippen LogP contribution in [0, 0.1) is 10.8 Å². The van der Waals surface area contributed by atoms with Gasteiger partial charge in [-0.2, -0.15) is 0 Å². The van der Waals surface area contributed by atoms with Crippen LogP contribution in [0.3, 0.4) is 0 Å². The Labute approximate surface area is 207 Å². The van der Waals surface area contributed by atoms with Crippen molar-refractivity contribution >= 4 is 34.3 Å². The van der Waals surface area contributed by atoms with Gasteiger partial charge in [0.15, 0.2) is 0 Å². The molecule has 0 spiro atoms. The molecule has 0 aromatic heterocycles. The van der Waals surface area contributed by atoms with E-state index < -0.39 is 22.7 Å². The molecule has 0 aliphatic carbocycles. The molecule has 0 amide bonds. The molecule has 35 heavy (non-hydrogen) atoms. The molecule has 1 fully saturated rings. The summed E-state index contributed by atoms with van der Waals surface area (Å²) >= 11 is 0. The number of carbonyl (C=O) groups is 1. The van der Waals surface area contributed by atoms with Gasteiger partial charge < -0.3 is 25.2 Å². The van der Waals surface area contributed by atoms with Gasteiger partial charge in [0, 0.05) is 37.2 Å². The van der Waals surface area contributed by atoms with Crippen molar-refractivity contribution in [2.75, 3.05) is 36.3 Å². The van der Waals surface area contributed by atoms with Crippen molar-refractivity contribution in [1.82, 2.24) is 4.90 Å². The lowest BCUT2D eigenvalue weighted by Crippen LogP contribution is -2.40. The van der Waals surface area contributed by atoms with Crippen molar-refractivity contribution < 1.29 is 23.6 Å². The Kier molecular flexibility index (Phi) is 9.07. The van der Waals surface area contributed by atoms with Gasteiger partial charge in [-0.25, -0.2) is 4.21 Å². The molecule has 0 radical (unpaired) electrons. The van der Waals surface area contributed by atoms with Crippen LogP contribution in [-0.2, 0) is 15.8 Å². The van der Waals surface area contributed by atoms with E-state index in [-0.39, 0.29) is 25.1 Å².